The highest BCUT2D eigenvalue weighted by Gasteiger charge is 2.11. The number of hydrogen-bond acceptors (Lipinski definition) is 4. The molecule has 138 valence electrons. The van der Waals surface area contributed by atoms with Crippen molar-refractivity contribution in [3.05, 3.63) is 94.5 Å². The summed E-state index contributed by atoms with van der Waals surface area (Å²) in [6, 6.07) is 21.5. The van der Waals surface area contributed by atoms with Crippen LogP contribution >= 0.6 is 0 Å². The van der Waals surface area contributed by atoms with Crippen molar-refractivity contribution in [2.45, 2.75) is 0 Å². The summed E-state index contributed by atoms with van der Waals surface area (Å²) in [7, 11) is 1.60. The second kappa shape index (κ2) is 7.40. The molecule has 0 bridgehead atoms. The Morgan fingerprint density at radius 2 is 1.64 bits per heavy atom. The van der Waals surface area contributed by atoms with Crippen LogP contribution in [0.2, 0.25) is 0 Å². The highest BCUT2D eigenvalue weighted by atomic mass is 16.5. The van der Waals surface area contributed by atoms with Gasteiger partial charge in [0, 0.05) is 5.56 Å². The first-order valence-electron chi connectivity index (χ1n) is 8.79. The summed E-state index contributed by atoms with van der Waals surface area (Å²) in [6.45, 7) is 0. The topological polar surface area (TPSA) is 64.3 Å². The van der Waals surface area contributed by atoms with Gasteiger partial charge in [0.25, 0.3) is 5.56 Å². The third-order valence-electron chi connectivity index (χ3n) is 4.48. The van der Waals surface area contributed by atoms with E-state index in [4.69, 9.17) is 4.74 Å². The summed E-state index contributed by atoms with van der Waals surface area (Å²) in [5.74, 6) is 1.34. The fourth-order valence-electron chi connectivity index (χ4n) is 3.04. The first-order valence-corrected chi connectivity index (χ1v) is 8.79. The van der Waals surface area contributed by atoms with Crippen LogP contribution in [0.25, 0.3) is 28.7 Å². The number of aromatic nitrogens is 2. The van der Waals surface area contributed by atoms with Gasteiger partial charge in [-0.15, -0.1) is 0 Å². The smallest absolute Gasteiger partial charge is 0.266 e. The number of aromatic hydroxyl groups is 1. The lowest BCUT2D eigenvalue weighted by Gasteiger charge is -2.12. The SMILES string of the molecule is COc1ccc(-n2c(C=Cc3ccccc3O)nc3ccccc3c2=O)cc1. The van der Waals surface area contributed by atoms with Crippen molar-refractivity contribution in [1.29, 1.82) is 0 Å². The summed E-state index contributed by atoms with van der Waals surface area (Å²) >= 11 is 0. The molecule has 0 saturated heterocycles. The molecule has 3 aromatic carbocycles. The Morgan fingerprint density at radius 3 is 2.39 bits per heavy atom. The Labute approximate surface area is 161 Å². The van der Waals surface area contributed by atoms with Crippen LogP contribution in [0.4, 0.5) is 0 Å². The maximum atomic E-state index is 13.2. The fourth-order valence-corrected chi connectivity index (χ4v) is 3.04. The molecule has 0 aliphatic rings. The Balaban J connectivity index is 1.93. The van der Waals surface area contributed by atoms with Crippen molar-refractivity contribution in [3.63, 3.8) is 0 Å². The molecule has 0 amide bonds. The van der Waals surface area contributed by atoms with E-state index < -0.39 is 0 Å². The Kier molecular flexibility index (Phi) is 4.64. The maximum Gasteiger partial charge on any atom is 0.266 e. The molecular weight excluding hydrogens is 352 g/mol. The normalized spacial score (nSPS) is 11.2. The van der Waals surface area contributed by atoms with Gasteiger partial charge in [-0.1, -0.05) is 30.3 Å². The Morgan fingerprint density at radius 1 is 0.929 bits per heavy atom. The molecule has 1 aromatic heterocycles. The van der Waals surface area contributed by atoms with E-state index in [0.717, 1.165) is 0 Å². The number of phenolic OH excluding ortho intramolecular Hbond substituents is 1. The molecule has 4 rings (SSSR count). The van der Waals surface area contributed by atoms with Crippen molar-refractivity contribution in [2.75, 3.05) is 7.11 Å². The number of ether oxygens (including phenoxy) is 1. The minimum atomic E-state index is -0.160. The molecule has 1 N–H and O–H groups in total. The summed E-state index contributed by atoms with van der Waals surface area (Å²) in [6.07, 6.45) is 3.47. The van der Waals surface area contributed by atoms with Gasteiger partial charge < -0.3 is 9.84 Å². The van der Waals surface area contributed by atoms with Crippen LogP contribution in [-0.2, 0) is 0 Å². The minimum Gasteiger partial charge on any atom is -0.507 e. The van der Waals surface area contributed by atoms with Gasteiger partial charge in [-0.25, -0.2) is 4.98 Å². The second-order valence-electron chi connectivity index (χ2n) is 6.22. The van der Waals surface area contributed by atoms with E-state index in [2.05, 4.69) is 4.98 Å². The molecule has 0 atom stereocenters. The molecule has 0 radical (unpaired) electrons. The van der Waals surface area contributed by atoms with E-state index in [-0.39, 0.29) is 11.3 Å². The monoisotopic (exact) mass is 370 g/mol. The molecule has 5 heteroatoms. The number of fused-ring (bicyclic) bond motifs is 1. The number of nitrogens with zero attached hydrogens (tertiary/aromatic N) is 2. The number of rotatable bonds is 4. The lowest BCUT2D eigenvalue weighted by Crippen LogP contribution is -2.22. The fraction of sp³-hybridized carbons (Fsp3) is 0.0435. The van der Waals surface area contributed by atoms with E-state index in [1.54, 1.807) is 60.2 Å². The van der Waals surface area contributed by atoms with Gasteiger partial charge in [0.2, 0.25) is 0 Å². The van der Waals surface area contributed by atoms with E-state index in [9.17, 15) is 9.90 Å². The van der Waals surface area contributed by atoms with E-state index in [0.29, 0.717) is 33.7 Å². The lowest BCUT2D eigenvalue weighted by atomic mass is 10.2. The standard InChI is InChI=1S/C23H18N2O3/c1-28-18-13-11-17(12-14-18)25-22(15-10-16-6-2-5-9-21(16)26)24-20-8-4-3-7-19(20)23(25)27/h2-15,26H,1H3. The summed E-state index contributed by atoms with van der Waals surface area (Å²) in [4.78, 5) is 17.9. The third kappa shape index (κ3) is 3.25. The van der Waals surface area contributed by atoms with Crippen molar-refractivity contribution < 1.29 is 9.84 Å². The van der Waals surface area contributed by atoms with E-state index in [1.807, 2.05) is 36.4 Å². The zero-order chi connectivity index (χ0) is 19.5. The molecule has 0 aliphatic heterocycles. The zero-order valence-corrected chi connectivity index (χ0v) is 15.2. The van der Waals surface area contributed by atoms with Gasteiger partial charge in [0.1, 0.15) is 17.3 Å². The molecule has 5 nitrogen and oxygen atoms in total. The van der Waals surface area contributed by atoms with Gasteiger partial charge in [-0.3, -0.25) is 9.36 Å². The maximum absolute atomic E-state index is 13.2. The van der Waals surface area contributed by atoms with Crippen molar-refractivity contribution in [3.8, 4) is 17.2 Å². The molecular formula is C23H18N2O3. The van der Waals surface area contributed by atoms with E-state index in [1.165, 1.54) is 0 Å². The van der Waals surface area contributed by atoms with Crippen molar-refractivity contribution in [2.24, 2.45) is 0 Å². The number of methoxy groups -OCH3 is 1. The molecule has 28 heavy (non-hydrogen) atoms. The number of para-hydroxylation sites is 2. The molecule has 0 spiro atoms. The van der Waals surface area contributed by atoms with Crippen LogP contribution in [0.15, 0.2) is 77.6 Å². The lowest BCUT2D eigenvalue weighted by molar-refractivity contribution is 0.414. The summed E-state index contributed by atoms with van der Waals surface area (Å²) in [5.41, 5.74) is 1.79. The molecule has 0 fully saturated rings. The van der Waals surface area contributed by atoms with Crippen LogP contribution in [-0.4, -0.2) is 21.8 Å². The van der Waals surface area contributed by atoms with Crippen LogP contribution in [0.1, 0.15) is 11.4 Å². The third-order valence-corrected chi connectivity index (χ3v) is 4.48. The van der Waals surface area contributed by atoms with Crippen LogP contribution < -0.4 is 10.3 Å². The highest BCUT2D eigenvalue weighted by Crippen LogP contribution is 2.21. The predicted molar refractivity (Wildman–Crippen MR) is 111 cm³/mol. The van der Waals surface area contributed by atoms with Gasteiger partial charge in [0.05, 0.1) is 23.7 Å². The number of benzene rings is 3. The van der Waals surface area contributed by atoms with Gasteiger partial charge in [0.15, 0.2) is 0 Å². The van der Waals surface area contributed by atoms with Crippen molar-refractivity contribution >= 4 is 23.1 Å². The predicted octanol–water partition coefficient (Wildman–Crippen LogP) is 4.27. The van der Waals surface area contributed by atoms with E-state index >= 15 is 0 Å². The first-order chi connectivity index (χ1) is 13.7. The molecule has 0 unspecified atom stereocenters. The Hall–Kier alpha value is -3.86. The van der Waals surface area contributed by atoms with Gasteiger partial charge in [-0.2, -0.15) is 0 Å². The minimum absolute atomic E-state index is 0.160. The van der Waals surface area contributed by atoms with Crippen LogP contribution in [0, 0.1) is 0 Å². The molecule has 0 saturated carbocycles. The first kappa shape index (κ1) is 17.5. The Bertz CT molecular complexity index is 1220. The average molecular weight is 370 g/mol. The molecule has 0 aliphatic carbocycles. The van der Waals surface area contributed by atoms with Crippen LogP contribution in [0.3, 0.4) is 0 Å². The number of hydrogen-bond donors (Lipinski definition) is 1. The second-order valence-corrected chi connectivity index (χ2v) is 6.22. The highest BCUT2D eigenvalue weighted by molar-refractivity contribution is 5.80. The zero-order valence-electron chi connectivity index (χ0n) is 15.2. The molecule has 1 heterocycles. The average Bonchev–Trinajstić information content (AvgIpc) is 2.73. The largest absolute Gasteiger partial charge is 0.507 e. The summed E-state index contributed by atoms with van der Waals surface area (Å²) in [5, 5.41) is 10.5. The summed E-state index contributed by atoms with van der Waals surface area (Å²) < 4.78 is 6.76. The van der Waals surface area contributed by atoms with Crippen molar-refractivity contribution in [1.82, 2.24) is 9.55 Å². The quantitative estimate of drug-likeness (QED) is 0.583. The van der Waals surface area contributed by atoms with Gasteiger partial charge >= 0.3 is 0 Å². The number of phenols is 1. The van der Waals surface area contributed by atoms with Crippen LogP contribution in [0.5, 0.6) is 11.5 Å². The van der Waals surface area contributed by atoms with Gasteiger partial charge in [-0.05, 0) is 54.6 Å². The molecule has 4 aromatic rings.